The third-order valence-corrected chi connectivity index (χ3v) is 4.95. The highest BCUT2D eigenvalue weighted by molar-refractivity contribution is 6.01. The SMILES string of the molecule is CCCCN(CC(=O)OCC)C(=O)[C@@H](NC(=O)c1ccc2ccccc2c1)C(C)C. The Labute approximate surface area is 178 Å². The zero-order chi connectivity index (χ0) is 22.1. The van der Waals surface area contributed by atoms with Crippen molar-refractivity contribution in [1.29, 1.82) is 0 Å². The first-order chi connectivity index (χ1) is 14.4. The predicted octanol–water partition coefficient (Wildman–Crippen LogP) is 3.79. The van der Waals surface area contributed by atoms with Crippen LogP contribution in [0.5, 0.6) is 0 Å². The van der Waals surface area contributed by atoms with E-state index in [9.17, 15) is 14.4 Å². The van der Waals surface area contributed by atoms with Crippen LogP contribution in [0.15, 0.2) is 42.5 Å². The van der Waals surface area contributed by atoms with Gasteiger partial charge in [-0.1, -0.05) is 57.5 Å². The minimum Gasteiger partial charge on any atom is -0.465 e. The average Bonchev–Trinajstić information content (AvgIpc) is 2.73. The minimum atomic E-state index is -0.727. The van der Waals surface area contributed by atoms with Crippen LogP contribution in [0.25, 0.3) is 10.8 Å². The zero-order valence-corrected chi connectivity index (χ0v) is 18.3. The van der Waals surface area contributed by atoms with Gasteiger partial charge in [0.25, 0.3) is 5.91 Å². The first-order valence-corrected chi connectivity index (χ1v) is 10.6. The van der Waals surface area contributed by atoms with E-state index in [1.165, 1.54) is 4.90 Å². The number of benzene rings is 2. The van der Waals surface area contributed by atoms with Crippen LogP contribution >= 0.6 is 0 Å². The molecule has 162 valence electrons. The zero-order valence-electron chi connectivity index (χ0n) is 18.3. The standard InChI is InChI=1S/C24H32N2O4/c1-5-7-14-26(16-21(27)30-6-2)24(29)22(17(3)4)25-23(28)20-13-12-18-10-8-9-11-19(18)15-20/h8-13,15,17,22H,5-7,14,16H2,1-4H3,(H,25,28)/t22-/m0/s1. The summed E-state index contributed by atoms with van der Waals surface area (Å²) in [4.78, 5) is 39.6. The van der Waals surface area contributed by atoms with Crippen molar-refractivity contribution in [2.45, 2.75) is 46.6 Å². The molecule has 2 amide bonds. The van der Waals surface area contributed by atoms with E-state index in [0.717, 1.165) is 23.6 Å². The van der Waals surface area contributed by atoms with Gasteiger partial charge in [0.15, 0.2) is 0 Å². The van der Waals surface area contributed by atoms with Crippen molar-refractivity contribution in [2.24, 2.45) is 5.92 Å². The second kappa shape index (κ2) is 11.3. The average molecular weight is 413 g/mol. The summed E-state index contributed by atoms with van der Waals surface area (Å²) in [7, 11) is 0. The molecule has 2 aromatic carbocycles. The number of hydrogen-bond acceptors (Lipinski definition) is 4. The molecule has 0 radical (unpaired) electrons. The monoisotopic (exact) mass is 412 g/mol. The van der Waals surface area contributed by atoms with Crippen LogP contribution in [0.4, 0.5) is 0 Å². The Morgan fingerprint density at radius 2 is 1.73 bits per heavy atom. The van der Waals surface area contributed by atoms with Gasteiger partial charge < -0.3 is 15.0 Å². The lowest BCUT2D eigenvalue weighted by Crippen LogP contribution is -2.52. The van der Waals surface area contributed by atoms with E-state index in [-0.39, 0.29) is 30.9 Å². The number of ether oxygens (including phenoxy) is 1. The van der Waals surface area contributed by atoms with Crippen molar-refractivity contribution in [3.05, 3.63) is 48.0 Å². The molecule has 30 heavy (non-hydrogen) atoms. The molecular formula is C24H32N2O4. The van der Waals surface area contributed by atoms with Crippen molar-refractivity contribution >= 4 is 28.6 Å². The van der Waals surface area contributed by atoms with Gasteiger partial charge in [0.05, 0.1) is 6.61 Å². The summed E-state index contributed by atoms with van der Waals surface area (Å²) < 4.78 is 5.01. The Morgan fingerprint density at radius 3 is 2.37 bits per heavy atom. The Morgan fingerprint density at radius 1 is 1.03 bits per heavy atom. The van der Waals surface area contributed by atoms with E-state index >= 15 is 0 Å². The van der Waals surface area contributed by atoms with Gasteiger partial charge in [-0.05, 0) is 42.2 Å². The lowest BCUT2D eigenvalue weighted by atomic mass is 10.0. The smallest absolute Gasteiger partial charge is 0.325 e. The van der Waals surface area contributed by atoms with Crippen LogP contribution in [-0.4, -0.2) is 48.4 Å². The summed E-state index contributed by atoms with van der Waals surface area (Å²) in [5.41, 5.74) is 0.498. The van der Waals surface area contributed by atoms with Gasteiger partial charge in [-0.15, -0.1) is 0 Å². The van der Waals surface area contributed by atoms with Gasteiger partial charge in [-0.2, -0.15) is 0 Å². The molecule has 0 bridgehead atoms. The van der Waals surface area contributed by atoms with Crippen LogP contribution in [0, 0.1) is 5.92 Å². The summed E-state index contributed by atoms with van der Waals surface area (Å²) in [5, 5.41) is 4.89. The Balaban J connectivity index is 2.18. The van der Waals surface area contributed by atoms with E-state index in [0.29, 0.717) is 12.1 Å². The summed E-state index contributed by atoms with van der Waals surface area (Å²) in [6.45, 7) is 8.12. The maximum Gasteiger partial charge on any atom is 0.325 e. The summed E-state index contributed by atoms with van der Waals surface area (Å²) in [6.07, 6.45) is 1.66. The normalized spacial score (nSPS) is 11.9. The van der Waals surface area contributed by atoms with Gasteiger partial charge in [0.1, 0.15) is 12.6 Å². The highest BCUT2D eigenvalue weighted by atomic mass is 16.5. The van der Waals surface area contributed by atoms with Crippen molar-refractivity contribution < 1.29 is 19.1 Å². The fourth-order valence-corrected chi connectivity index (χ4v) is 3.24. The molecule has 2 aromatic rings. The van der Waals surface area contributed by atoms with Gasteiger partial charge in [-0.25, -0.2) is 0 Å². The number of hydrogen-bond donors (Lipinski definition) is 1. The molecule has 1 atom stereocenters. The Bertz CT molecular complexity index is 878. The molecule has 0 saturated heterocycles. The number of amides is 2. The third kappa shape index (κ3) is 6.31. The molecule has 0 spiro atoms. The van der Waals surface area contributed by atoms with Gasteiger partial charge in [0, 0.05) is 12.1 Å². The minimum absolute atomic E-state index is 0.109. The fourth-order valence-electron chi connectivity index (χ4n) is 3.24. The van der Waals surface area contributed by atoms with Crippen LogP contribution < -0.4 is 5.32 Å². The maximum atomic E-state index is 13.2. The Hall–Kier alpha value is -2.89. The molecule has 6 heteroatoms. The molecule has 0 aliphatic rings. The first kappa shape index (κ1) is 23.4. The largest absolute Gasteiger partial charge is 0.465 e. The lowest BCUT2D eigenvalue weighted by molar-refractivity contribution is -0.149. The van der Waals surface area contributed by atoms with Crippen LogP contribution in [-0.2, 0) is 14.3 Å². The predicted molar refractivity (Wildman–Crippen MR) is 118 cm³/mol. The molecule has 0 saturated carbocycles. The van der Waals surface area contributed by atoms with E-state index in [4.69, 9.17) is 4.74 Å². The van der Waals surface area contributed by atoms with Gasteiger partial charge >= 0.3 is 5.97 Å². The number of unbranched alkanes of at least 4 members (excludes halogenated alkanes) is 1. The first-order valence-electron chi connectivity index (χ1n) is 10.6. The summed E-state index contributed by atoms with van der Waals surface area (Å²) in [6, 6.07) is 12.5. The van der Waals surface area contributed by atoms with E-state index < -0.39 is 12.0 Å². The van der Waals surface area contributed by atoms with Crippen molar-refractivity contribution in [2.75, 3.05) is 19.7 Å². The molecule has 6 nitrogen and oxygen atoms in total. The number of esters is 1. The number of nitrogens with zero attached hydrogens (tertiary/aromatic N) is 1. The van der Waals surface area contributed by atoms with E-state index in [1.807, 2.05) is 57.2 Å². The molecular weight excluding hydrogens is 380 g/mol. The molecule has 0 unspecified atom stereocenters. The quantitative estimate of drug-likeness (QED) is 0.603. The van der Waals surface area contributed by atoms with E-state index in [2.05, 4.69) is 5.32 Å². The number of rotatable bonds is 10. The second-order valence-corrected chi connectivity index (χ2v) is 7.68. The highest BCUT2D eigenvalue weighted by Crippen LogP contribution is 2.16. The number of carbonyl (C=O) groups excluding carboxylic acids is 3. The topological polar surface area (TPSA) is 75.7 Å². The summed E-state index contributed by atoms with van der Waals surface area (Å²) in [5.74, 6) is -1.14. The summed E-state index contributed by atoms with van der Waals surface area (Å²) >= 11 is 0. The van der Waals surface area contributed by atoms with Crippen LogP contribution in [0.3, 0.4) is 0 Å². The molecule has 2 rings (SSSR count). The molecule has 0 aliphatic carbocycles. The van der Waals surface area contributed by atoms with Crippen LogP contribution in [0.1, 0.15) is 50.9 Å². The number of carbonyl (C=O) groups is 3. The fraction of sp³-hybridized carbons (Fsp3) is 0.458. The third-order valence-electron chi connectivity index (χ3n) is 4.95. The highest BCUT2D eigenvalue weighted by Gasteiger charge is 2.30. The van der Waals surface area contributed by atoms with Crippen molar-refractivity contribution in [3.8, 4) is 0 Å². The second-order valence-electron chi connectivity index (χ2n) is 7.68. The Kier molecular flexibility index (Phi) is 8.84. The lowest BCUT2D eigenvalue weighted by Gasteiger charge is -2.29. The molecule has 0 aliphatic heterocycles. The van der Waals surface area contributed by atoms with Gasteiger partial charge in [-0.3, -0.25) is 14.4 Å². The van der Waals surface area contributed by atoms with E-state index in [1.54, 1.807) is 13.0 Å². The maximum absolute atomic E-state index is 13.2. The molecule has 0 aromatic heterocycles. The van der Waals surface area contributed by atoms with Gasteiger partial charge in [0.2, 0.25) is 5.91 Å². The van der Waals surface area contributed by atoms with Crippen LogP contribution in [0.2, 0.25) is 0 Å². The molecule has 0 fully saturated rings. The molecule has 1 N–H and O–H groups in total. The molecule has 0 heterocycles. The number of fused-ring (bicyclic) bond motifs is 1. The number of nitrogens with one attached hydrogen (secondary N) is 1. The van der Waals surface area contributed by atoms with Crippen molar-refractivity contribution in [1.82, 2.24) is 10.2 Å². The van der Waals surface area contributed by atoms with Crippen molar-refractivity contribution in [3.63, 3.8) is 0 Å².